The molecule has 30 heavy (non-hydrogen) atoms. The molecule has 0 atom stereocenters. The van der Waals surface area contributed by atoms with Crippen molar-refractivity contribution in [3.63, 3.8) is 0 Å². The molecule has 156 valence electrons. The van der Waals surface area contributed by atoms with E-state index in [0.717, 1.165) is 10.0 Å². The fraction of sp³-hybridized carbons (Fsp3) is 0.174. The van der Waals surface area contributed by atoms with Crippen molar-refractivity contribution in [3.05, 3.63) is 88.4 Å². The first-order valence-electron chi connectivity index (χ1n) is 9.35. The minimum atomic E-state index is -3.83. The van der Waals surface area contributed by atoms with Crippen LogP contribution in [0, 0.1) is 0 Å². The number of hydrogen-bond acceptors (Lipinski definition) is 3. The zero-order valence-electron chi connectivity index (χ0n) is 16.9. The molecule has 3 aromatic rings. The summed E-state index contributed by atoms with van der Waals surface area (Å²) >= 11 is 3.29. The molecule has 2 N–H and O–H groups in total. The third-order valence-electron chi connectivity index (χ3n) is 4.55. The van der Waals surface area contributed by atoms with Crippen molar-refractivity contribution in [2.45, 2.75) is 31.1 Å². The van der Waals surface area contributed by atoms with Gasteiger partial charge in [-0.15, -0.1) is 0 Å². The third-order valence-corrected chi connectivity index (χ3v) is 6.46. The van der Waals surface area contributed by atoms with Gasteiger partial charge in [0.1, 0.15) is 0 Å². The summed E-state index contributed by atoms with van der Waals surface area (Å²) in [6.07, 6.45) is 0. The lowest BCUT2D eigenvalue weighted by Gasteiger charge is -2.19. The van der Waals surface area contributed by atoms with Crippen LogP contribution in [-0.2, 0) is 15.4 Å². The van der Waals surface area contributed by atoms with Crippen LogP contribution in [-0.4, -0.2) is 14.3 Å². The lowest BCUT2D eigenvalue weighted by molar-refractivity contribution is 0.102. The average Bonchev–Trinajstić information content (AvgIpc) is 2.68. The van der Waals surface area contributed by atoms with E-state index in [0.29, 0.717) is 5.69 Å². The molecule has 1 amide bonds. The fourth-order valence-electron chi connectivity index (χ4n) is 2.84. The Morgan fingerprint density at radius 3 is 2.07 bits per heavy atom. The van der Waals surface area contributed by atoms with Gasteiger partial charge in [-0.3, -0.25) is 9.52 Å². The maximum Gasteiger partial charge on any atom is 0.261 e. The SMILES string of the molecule is CC(C)(C)c1ccc(NC(=O)c2ccccc2NS(=O)(=O)c2ccc(Br)cc2)cc1. The monoisotopic (exact) mass is 486 g/mol. The summed E-state index contributed by atoms with van der Waals surface area (Å²) in [6, 6.07) is 20.4. The van der Waals surface area contributed by atoms with E-state index in [4.69, 9.17) is 0 Å². The van der Waals surface area contributed by atoms with Gasteiger partial charge in [0.25, 0.3) is 15.9 Å². The molecule has 0 aliphatic heterocycles. The third kappa shape index (κ3) is 5.29. The summed E-state index contributed by atoms with van der Waals surface area (Å²) in [5.41, 5.74) is 2.25. The highest BCUT2D eigenvalue weighted by atomic mass is 79.9. The number of halogens is 1. The van der Waals surface area contributed by atoms with E-state index in [1.807, 2.05) is 24.3 Å². The minimum Gasteiger partial charge on any atom is -0.322 e. The van der Waals surface area contributed by atoms with Crippen LogP contribution in [0.1, 0.15) is 36.7 Å². The Balaban J connectivity index is 1.82. The van der Waals surface area contributed by atoms with E-state index >= 15 is 0 Å². The van der Waals surface area contributed by atoms with Gasteiger partial charge in [-0.1, -0.05) is 61.0 Å². The van der Waals surface area contributed by atoms with E-state index in [1.165, 1.54) is 12.1 Å². The molecule has 0 aliphatic rings. The maximum atomic E-state index is 12.8. The standard InChI is InChI=1S/C23H23BrN2O3S/c1-23(2,3)16-8-12-18(13-9-16)25-22(27)20-6-4-5-7-21(20)26-30(28,29)19-14-10-17(24)11-15-19/h4-15,26H,1-3H3,(H,25,27). The number of amides is 1. The molecule has 7 heteroatoms. The molecule has 0 fully saturated rings. The normalized spacial score (nSPS) is 11.7. The predicted molar refractivity (Wildman–Crippen MR) is 124 cm³/mol. The van der Waals surface area contributed by atoms with E-state index < -0.39 is 15.9 Å². The van der Waals surface area contributed by atoms with Gasteiger partial charge < -0.3 is 5.32 Å². The Kier molecular flexibility index (Phi) is 6.33. The van der Waals surface area contributed by atoms with Gasteiger partial charge >= 0.3 is 0 Å². The first kappa shape index (κ1) is 22.1. The summed E-state index contributed by atoms with van der Waals surface area (Å²) in [7, 11) is -3.83. The number of benzene rings is 3. The van der Waals surface area contributed by atoms with Gasteiger partial charge in [0, 0.05) is 10.2 Å². The van der Waals surface area contributed by atoms with Crippen LogP contribution >= 0.6 is 15.9 Å². The largest absolute Gasteiger partial charge is 0.322 e. The number of sulfonamides is 1. The van der Waals surface area contributed by atoms with Crippen LogP contribution in [0.25, 0.3) is 0 Å². The van der Waals surface area contributed by atoms with Crippen molar-refractivity contribution in [1.29, 1.82) is 0 Å². The summed E-state index contributed by atoms with van der Waals surface area (Å²) in [5.74, 6) is -0.396. The van der Waals surface area contributed by atoms with Crippen molar-refractivity contribution in [3.8, 4) is 0 Å². The second-order valence-electron chi connectivity index (χ2n) is 7.89. The van der Waals surface area contributed by atoms with Crippen molar-refractivity contribution in [2.75, 3.05) is 10.0 Å². The molecule has 0 aromatic heterocycles. The number of para-hydroxylation sites is 1. The number of hydrogen-bond donors (Lipinski definition) is 2. The topological polar surface area (TPSA) is 75.3 Å². The Morgan fingerprint density at radius 1 is 0.867 bits per heavy atom. The van der Waals surface area contributed by atoms with Crippen LogP contribution < -0.4 is 10.0 Å². The highest BCUT2D eigenvalue weighted by Gasteiger charge is 2.19. The lowest BCUT2D eigenvalue weighted by Crippen LogP contribution is -2.18. The predicted octanol–water partition coefficient (Wildman–Crippen LogP) is 5.80. The molecule has 5 nitrogen and oxygen atoms in total. The molecule has 0 saturated heterocycles. The Morgan fingerprint density at radius 2 is 1.47 bits per heavy atom. The van der Waals surface area contributed by atoms with Gasteiger partial charge in [-0.2, -0.15) is 0 Å². The number of carbonyl (C=O) groups is 1. The van der Waals surface area contributed by atoms with Crippen molar-refractivity contribution >= 4 is 43.2 Å². The fourth-order valence-corrected chi connectivity index (χ4v) is 4.18. The summed E-state index contributed by atoms with van der Waals surface area (Å²) in [5, 5.41) is 2.83. The highest BCUT2D eigenvalue weighted by Crippen LogP contribution is 2.25. The van der Waals surface area contributed by atoms with Crippen molar-refractivity contribution < 1.29 is 13.2 Å². The molecule has 0 saturated carbocycles. The average molecular weight is 487 g/mol. The first-order valence-corrected chi connectivity index (χ1v) is 11.6. The van der Waals surface area contributed by atoms with Crippen LogP contribution in [0.3, 0.4) is 0 Å². The van der Waals surface area contributed by atoms with Gasteiger partial charge in [-0.25, -0.2) is 8.42 Å². The lowest BCUT2D eigenvalue weighted by atomic mass is 9.87. The zero-order chi connectivity index (χ0) is 21.9. The Bertz CT molecular complexity index is 1150. The van der Waals surface area contributed by atoms with Crippen molar-refractivity contribution in [1.82, 2.24) is 0 Å². The number of nitrogens with one attached hydrogen (secondary N) is 2. The molecule has 3 aromatic carbocycles. The van der Waals surface area contributed by atoms with Crippen LogP contribution in [0.2, 0.25) is 0 Å². The van der Waals surface area contributed by atoms with E-state index in [9.17, 15) is 13.2 Å². The van der Waals surface area contributed by atoms with Crippen LogP contribution in [0.15, 0.2) is 82.2 Å². The number of rotatable bonds is 5. The highest BCUT2D eigenvalue weighted by molar-refractivity contribution is 9.10. The van der Waals surface area contributed by atoms with Gasteiger partial charge in [0.15, 0.2) is 0 Å². The number of carbonyl (C=O) groups excluding carboxylic acids is 1. The molecule has 0 radical (unpaired) electrons. The second-order valence-corrected chi connectivity index (χ2v) is 10.5. The summed E-state index contributed by atoms with van der Waals surface area (Å²) in [6.45, 7) is 6.36. The maximum absolute atomic E-state index is 12.8. The van der Waals surface area contributed by atoms with Gasteiger partial charge in [0.2, 0.25) is 0 Å². The molecule has 0 spiro atoms. The summed E-state index contributed by atoms with van der Waals surface area (Å²) in [4.78, 5) is 12.9. The molecule has 3 rings (SSSR count). The first-order chi connectivity index (χ1) is 14.1. The molecular formula is C23H23BrN2O3S. The van der Waals surface area contributed by atoms with Crippen molar-refractivity contribution in [2.24, 2.45) is 0 Å². The van der Waals surface area contributed by atoms with Crippen LogP contribution in [0.4, 0.5) is 11.4 Å². The Hall–Kier alpha value is -2.64. The minimum absolute atomic E-state index is 0.0143. The second kappa shape index (κ2) is 8.62. The smallest absolute Gasteiger partial charge is 0.261 e. The quantitative estimate of drug-likeness (QED) is 0.478. The molecular weight excluding hydrogens is 464 g/mol. The molecule has 0 aliphatic carbocycles. The number of anilines is 2. The molecule has 0 heterocycles. The van der Waals surface area contributed by atoms with Crippen LogP contribution in [0.5, 0.6) is 0 Å². The van der Waals surface area contributed by atoms with Gasteiger partial charge in [0.05, 0.1) is 16.1 Å². The van der Waals surface area contributed by atoms with E-state index in [1.54, 1.807) is 36.4 Å². The zero-order valence-corrected chi connectivity index (χ0v) is 19.3. The van der Waals surface area contributed by atoms with E-state index in [-0.39, 0.29) is 21.6 Å². The molecule has 0 unspecified atom stereocenters. The van der Waals surface area contributed by atoms with Gasteiger partial charge in [-0.05, 0) is 59.5 Å². The molecule has 0 bridgehead atoms. The summed E-state index contributed by atoms with van der Waals surface area (Å²) < 4.78 is 28.7. The Labute approximate surface area is 185 Å². The van der Waals surface area contributed by atoms with E-state index in [2.05, 4.69) is 46.7 Å².